The third kappa shape index (κ3) is 3.65. The van der Waals surface area contributed by atoms with Gasteiger partial charge in [0.15, 0.2) is 5.82 Å². The first kappa shape index (κ1) is 18.8. The predicted molar refractivity (Wildman–Crippen MR) is 125 cm³/mol. The van der Waals surface area contributed by atoms with Crippen LogP contribution in [0.3, 0.4) is 0 Å². The SMILES string of the molecule is O=C(Nc1cn[nH]c1)c1cc2ccc(-c3nccc(Nc4ccc5[nH]ncc5c4)n3)cc2[nH]1. The van der Waals surface area contributed by atoms with Crippen molar-refractivity contribution < 1.29 is 4.79 Å². The van der Waals surface area contributed by atoms with Crippen LogP contribution in [0.5, 0.6) is 0 Å². The van der Waals surface area contributed by atoms with Crippen LogP contribution in [0.2, 0.25) is 0 Å². The second-order valence-electron chi connectivity index (χ2n) is 7.49. The minimum absolute atomic E-state index is 0.244. The molecule has 4 aromatic heterocycles. The molecule has 0 unspecified atom stereocenters. The molecule has 0 fully saturated rings. The smallest absolute Gasteiger partial charge is 0.272 e. The van der Waals surface area contributed by atoms with Crippen molar-refractivity contribution in [2.75, 3.05) is 10.6 Å². The zero-order valence-corrected chi connectivity index (χ0v) is 17.1. The van der Waals surface area contributed by atoms with E-state index in [1.165, 1.54) is 0 Å². The summed E-state index contributed by atoms with van der Waals surface area (Å²) in [5, 5.41) is 21.5. The van der Waals surface area contributed by atoms with E-state index in [-0.39, 0.29) is 5.91 Å². The molecule has 0 radical (unpaired) electrons. The van der Waals surface area contributed by atoms with E-state index in [1.807, 2.05) is 42.5 Å². The molecule has 33 heavy (non-hydrogen) atoms. The first-order chi connectivity index (χ1) is 16.2. The lowest BCUT2D eigenvalue weighted by Crippen LogP contribution is -2.11. The zero-order chi connectivity index (χ0) is 22.2. The molecule has 10 heteroatoms. The molecule has 0 spiro atoms. The second kappa shape index (κ2) is 7.61. The Morgan fingerprint density at radius 1 is 0.879 bits per heavy atom. The van der Waals surface area contributed by atoms with Gasteiger partial charge in [-0.15, -0.1) is 0 Å². The lowest BCUT2D eigenvalue weighted by molar-refractivity contribution is 0.102. The van der Waals surface area contributed by atoms with Gasteiger partial charge in [-0.05, 0) is 36.4 Å². The number of benzene rings is 2. The highest BCUT2D eigenvalue weighted by molar-refractivity contribution is 6.06. The molecule has 10 nitrogen and oxygen atoms in total. The van der Waals surface area contributed by atoms with E-state index in [1.54, 1.807) is 30.9 Å². The van der Waals surface area contributed by atoms with Crippen molar-refractivity contribution in [3.05, 3.63) is 79.0 Å². The van der Waals surface area contributed by atoms with Gasteiger partial charge in [-0.2, -0.15) is 10.2 Å². The fourth-order valence-corrected chi connectivity index (χ4v) is 3.64. The van der Waals surface area contributed by atoms with Gasteiger partial charge in [0.2, 0.25) is 0 Å². The van der Waals surface area contributed by atoms with E-state index in [9.17, 15) is 4.79 Å². The normalized spacial score (nSPS) is 11.2. The van der Waals surface area contributed by atoms with Gasteiger partial charge in [-0.25, -0.2) is 9.97 Å². The summed E-state index contributed by atoms with van der Waals surface area (Å²) in [6.07, 6.45) is 6.65. The van der Waals surface area contributed by atoms with Gasteiger partial charge in [0.1, 0.15) is 11.5 Å². The summed E-state index contributed by atoms with van der Waals surface area (Å²) in [6.45, 7) is 0. The fraction of sp³-hybridized carbons (Fsp3) is 0. The van der Waals surface area contributed by atoms with Crippen LogP contribution in [0.4, 0.5) is 17.2 Å². The van der Waals surface area contributed by atoms with Gasteiger partial charge in [-0.1, -0.05) is 12.1 Å². The predicted octanol–water partition coefficient (Wildman–Crippen LogP) is 4.22. The highest BCUT2D eigenvalue weighted by Crippen LogP contribution is 2.25. The number of carbonyl (C=O) groups excluding carboxylic acids is 1. The number of anilines is 3. The van der Waals surface area contributed by atoms with Crippen molar-refractivity contribution in [2.45, 2.75) is 0 Å². The number of carbonyl (C=O) groups is 1. The number of hydrogen-bond donors (Lipinski definition) is 5. The van der Waals surface area contributed by atoms with Gasteiger partial charge in [0, 0.05) is 39.9 Å². The first-order valence-corrected chi connectivity index (χ1v) is 10.2. The number of amides is 1. The Hall–Kier alpha value is -4.99. The summed E-state index contributed by atoms with van der Waals surface area (Å²) in [4.78, 5) is 24.7. The molecule has 0 aliphatic heterocycles. The van der Waals surface area contributed by atoms with Gasteiger partial charge < -0.3 is 15.6 Å². The minimum Gasteiger partial charge on any atom is -0.350 e. The fourth-order valence-electron chi connectivity index (χ4n) is 3.64. The number of rotatable bonds is 5. The van der Waals surface area contributed by atoms with Crippen LogP contribution in [-0.4, -0.2) is 41.3 Å². The number of H-pyrrole nitrogens is 3. The Balaban J connectivity index is 1.26. The van der Waals surface area contributed by atoms with Crippen LogP contribution in [0.15, 0.2) is 73.3 Å². The van der Waals surface area contributed by atoms with E-state index in [2.05, 4.69) is 46.0 Å². The quantitative estimate of drug-likeness (QED) is 0.275. The summed E-state index contributed by atoms with van der Waals surface area (Å²) < 4.78 is 0. The maximum Gasteiger partial charge on any atom is 0.272 e. The lowest BCUT2D eigenvalue weighted by atomic mass is 10.1. The number of fused-ring (bicyclic) bond motifs is 2. The number of aromatic nitrogens is 7. The molecular formula is C23H17N9O. The highest BCUT2D eigenvalue weighted by Gasteiger charge is 2.12. The standard InChI is InChI=1S/C23H17N9O/c33-23(29-17-11-25-26-12-17)20-8-13-1-2-14(9-19(13)30-20)22-24-6-5-21(31-22)28-16-3-4-18-15(7-16)10-27-32-18/h1-12,30H,(H,25,26)(H,27,32)(H,29,33)(H,24,28,31). The van der Waals surface area contributed by atoms with Gasteiger partial charge in [0.05, 0.1) is 23.6 Å². The molecule has 6 aromatic rings. The number of nitrogens with one attached hydrogen (secondary N) is 5. The topological polar surface area (TPSA) is 140 Å². The molecule has 0 atom stereocenters. The Morgan fingerprint density at radius 2 is 1.85 bits per heavy atom. The molecule has 0 saturated heterocycles. The summed E-state index contributed by atoms with van der Waals surface area (Å²) in [5.74, 6) is 1.01. The third-order valence-electron chi connectivity index (χ3n) is 5.25. The van der Waals surface area contributed by atoms with Crippen molar-refractivity contribution in [3.63, 3.8) is 0 Å². The number of aromatic amines is 3. The molecule has 0 bridgehead atoms. The molecule has 1 amide bonds. The molecule has 0 aliphatic rings. The van der Waals surface area contributed by atoms with Crippen molar-refractivity contribution in [3.8, 4) is 11.4 Å². The summed E-state index contributed by atoms with van der Waals surface area (Å²) in [6, 6.07) is 15.3. The highest BCUT2D eigenvalue weighted by atomic mass is 16.1. The van der Waals surface area contributed by atoms with Crippen molar-refractivity contribution >= 4 is 44.9 Å². The Morgan fingerprint density at radius 3 is 2.76 bits per heavy atom. The second-order valence-corrected chi connectivity index (χ2v) is 7.49. The average Bonchev–Trinajstić information content (AvgIpc) is 3.59. The van der Waals surface area contributed by atoms with Crippen molar-refractivity contribution in [1.29, 1.82) is 0 Å². The minimum atomic E-state index is -0.244. The monoisotopic (exact) mass is 435 g/mol. The Labute approximate surface area is 186 Å². The number of hydrogen-bond acceptors (Lipinski definition) is 6. The molecule has 2 aromatic carbocycles. The van der Waals surface area contributed by atoms with Crippen molar-refractivity contribution in [1.82, 2.24) is 35.3 Å². The Bertz CT molecular complexity index is 1600. The molecule has 0 aliphatic carbocycles. The van der Waals surface area contributed by atoms with Crippen molar-refractivity contribution in [2.24, 2.45) is 0 Å². The molecule has 6 rings (SSSR count). The van der Waals surface area contributed by atoms with E-state index >= 15 is 0 Å². The average molecular weight is 435 g/mol. The molecule has 160 valence electrons. The van der Waals surface area contributed by atoms with Gasteiger partial charge in [-0.3, -0.25) is 15.0 Å². The van der Waals surface area contributed by atoms with Crippen LogP contribution in [-0.2, 0) is 0 Å². The Kier molecular flexibility index (Phi) is 4.32. The molecule has 4 heterocycles. The maximum atomic E-state index is 12.5. The third-order valence-corrected chi connectivity index (χ3v) is 5.25. The van der Waals surface area contributed by atoms with E-state index < -0.39 is 0 Å². The van der Waals surface area contributed by atoms with E-state index in [0.717, 1.165) is 33.1 Å². The zero-order valence-electron chi connectivity index (χ0n) is 17.1. The van der Waals surface area contributed by atoms with Gasteiger partial charge >= 0.3 is 0 Å². The van der Waals surface area contributed by atoms with Crippen LogP contribution < -0.4 is 10.6 Å². The lowest BCUT2D eigenvalue weighted by Gasteiger charge is -2.07. The summed E-state index contributed by atoms with van der Waals surface area (Å²) in [5.41, 5.74) is 4.58. The van der Waals surface area contributed by atoms with Crippen LogP contribution in [0.1, 0.15) is 10.5 Å². The number of nitrogens with zero attached hydrogens (tertiary/aromatic N) is 4. The van der Waals surface area contributed by atoms with Gasteiger partial charge in [0.25, 0.3) is 5.91 Å². The van der Waals surface area contributed by atoms with Crippen LogP contribution in [0.25, 0.3) is 33.2 Å². The largest absolute Gasteiger partial charge is 0.350 e. The van der Waals surface area contributed by atoms with E-state index in [0.29, 0.717) is 23.0 Å². The molecular weight excluding hydrogens is 418 g/mol. The van der Waals surface area contributed by atoms with Crippen LogP contribution in [0, 0.1) is 0 Å². The molecule has 5 N–H and O–H groups in total. The molecule has 0 saturated carbocycles. The van der Waals surface area contributed by atoms with E-state index in [4.69, 9.17) is 0 Å². The summed E-state index contributed by atoms with van der Waals surface area (Å²) in [7, 11) is 0. The maximum absolute atomic E-state index is 12.5. The van der Waals surface area contributed by atoms with Crippen LogP contribution >= 0.6 is 0 Å². The first-order valence-electron chi connectivity index (χ1n) is 10.2. The summed E-state index contributed by atoms with van der Waals surface area (Å²) >= 11 is 0.